The smallest absolute Gasteiger partial charge is 0.120 e. The minimum absolute atomic E-state index is 0.763. The molecular weight excluding hydrogens is 817 g/mol. The molecule has 0 saturated heterocycles. The van der Waals surface area contributed by atoms with Crippen LogP contribution in [0.5, 0.6) is 23.0 Å². The fourth-order valence-corrected chi connectivity index (χ4v) is 8.80. The summed E-state index contributed by atoms with van der Waals surface area (Å²) < 4.78 is 25.3. The Labute approximate surface area is 385 Å². The summed E-state index contributed by atoms with van der Waals surface area (Å²) in [6, 6.07) is 75.8. The van der Waals surface area contributed by atoms with Gasteiger partial charge >= 0.3 is 0 Å². The Bertz CT molecular complexity index is 2990. The molecule has 0 saturated carbocycles. The third-order valence-electron chi connectivity index (χ3n) is 11.9. The lowest BCUT2D eigenvalue weighted by molar-refractivity contribution is 0.414. The van der Waals surface area contributed by atoms with Gasteiger partial charge in [0.2, 0.25) is 0 Å². The number of ether oxygens (including phenoxy) is 4. The molecule has 8 nitrogen and oxygen atoms in total. The Morgan fingerprint density at radius 3 is 0.909 bits per heavy atom. The zero-order chi connectivity index (χ0) is 45.0. The molecule has 0 radical (unpaired) electrons. The first-order valence-corrected chi connectivity index (χ1v) is 21.8. The van der Waals surface area contributed by atoms with Gasteiger partial charge in [-0.1, -0.05) is 60.7 Å². The zero-order valence-electron chi connectivity index (χ0n) is 37.2. The van der Waals surface area contributed by atoms with Crippen LogP contribution >= 0.6 is 0 Å². The fraction of sp³-hybridized carbons (Fsp3) is 0.0690. The highest BCUT2D eigenvalue weighted by Crippen LogP contribution is 2.45. The van der Waals surface area contributed by atoms with Crippen molar-refractivity contribution in [3.63, 3.8) is 0 Å². The number of anilines is 9. The van der Waals surface area contributed by atoms with Crippen LogP contribution in [0, 0.1) is 0 Å². The molecule has 10 aromatic rings. The molecule has 324 valence electrons. The number of hydrogen-bond acceptors (Lipinski definition) is 7. The second-order valence-electron chi connectivity index (χ2n) is 15.7. The number of rotatable bonds is 14. The van der Waals surface area contributed by atoms with Gasteiger partial charge < -0.3 is 38.2 Å². The van der Waals surface area contributed by atoms with Gasteiger partial charge in [-0.05, 0) is 133 Å². The van der Waals surface area contributed by atoms with E-state index in [1.807, 2.05) is 60.7 Å². The highest BCUT2D eigenvalue weighted by molar-refractivity contribution is 6.12. The van der Waals surface area contributed by atoms with E-state index in [0.29, 0.717) is 0 Å². The summed E-state index contributed by atoms with van der Waals surface area (Å²) in [7, 11) is 6.78. The van der Waals surface area contributed by atoms with Gasteiger partial charge in [0.05, 0.1) is 39.5 Å². The lowest BCUT2D eigenvalue weighted by Crippen LogP contribution is -2.10. The van der Waals surface area contributed by atoms with Crippen molar-refractivity contribution in [2.24, 2.45) is 0 Å². The van der Waals surface area contributed by atoms with Crippen LogP contribution in [0.4, 0.5) is 51.2 Å². The number of methoxy groups -OCH3 is 4. The Kier molecular flexibility index (Phi) is 11.4. The number of para-hydroxylation sites is 2. The van der Waals surface area contributed by atoms with Crippen LogP contribution in [0.15, 0.2) is 218 Å². The van der Waals surface area contributed by atoms with E-state index in [1.165, 1.54) is 0 Å². The van der Waals surface area contributed by atoms with Crippen molar-refractivity contribution < 1.29 is 18.9 Å². The van der Waals surface area contributed by atoms with Gasteiger partial charge in [0.1, 0.15) is 23.0 Å². The monoisotopic (exact) mass is 864 g/mol. The molecule has 0 aliphatic carbocycles. The van der Waals surface area contributed by atoms with Crippen molar-refractivity contribution in [1.82, 2.24) is 4.57 Å². The summed E-state index contributed by atoms with van der Waals surface area (Å²) in [5, 5.41) is 2.16. The van der Waals surface area contributed by atoms with Crippen LogP contribution in [-0.4, -0.2) is 33.0 Å². The van der Waals surface area contributed by atoms with E-state index in [4.69, 9.17) is 18.9 Å². The van der Waals surface area contributed by atoms with E-state index >= 15 is 0 Å². The lowest BCUT2D eigenvalue weighted by atomic mass is 10.1. The first kappa shape index (κ1) is 41.4. The molecule has 66 heavy (non-hydrogen) atoms. The largest absolute Gasteiger partial charge is 0.497 e. The van der Waals surface area contributed by atoms with Crippen molar-refractivity contribution in [3.8, 4) is 28.7 Å². The third-order valence-corrected chi connectivity index (χ3v) is 11.9. The molecule has 0 aliphatic heterocycles. The molecule has 9 aromatic carbocycles. The highest BCUT2D eigenvalue weighted by atomic mass is 16.5. The molecule has 0 fully saturated rings. The Morgan fingerprint density at radius 1 is 0.273 bits per heavy atom. The van der Waals surface area contributed by atoms with Gasteiger partial charge in [0, 0.05) is 91.9 Å². The van der Waals surface area contributed by atoms with Gasteiger partial charge in [0.15, 0.2) is 0 Å². The van der Waals surface area contributed by atoms with E-state index in [0.717, 1.165) is 102 Å². The molecule has 1 heterocycles. The molecule has 0 spiro atoms. The topological polar surface area (TPSA) is 51.6 Å². The highest BCUT2D eigenvalue weighted by Gasteiger charge is 2.22. The van der Waals surface area contributed by atoms with Crippen LogP contribution < -0.4 is 33.6 Å². The van der Waals surface area contributed by atoms with E-state index in [1.54, 1.807) is 28.4 Å². The molecule has 0 bridgehead atoms. The van der Waals surface area contributed by atoms with Crippen LogP contribution in [0.25, 0.3) is 27.5 Å². The SMILES string of the molecule is COc1cccc(N(c2cccc(OC)c2)c2ccc3c(c2)c2cc(N(c4cccc(OC)c4)c4cccc(OC)c4)ccc2n3-c2ccc(N(c3ccccc3)c3ccccc3)cc2)c1. The van der Waals surface area contributed by atoms with Crippen molar-refractivity contribution >= 4 is 73.0 Å². The van der Waals surface area contributed by atoms with E-state index in [9.17, 15) is 0 Å². The molecule has 0 atom stereocenters. The van der Waals surface area contributed by atoms with E-state index in [2.05, 4.69) is 177 Å². The standard InChI is InChI=1S/C58H48N4O4/c1-63-51-23-11-19-45(35-51)60(46-20-12-24-52(36-46)64-2)49-31-33-57-55(39-49)56-40-50(61(47-21-13-25-53(37-47)65-3)48-22-14-26-54(38-48)66-4)32-34-58(56)62(57)44-29-27-43(28-30-44)59(41-15-7-5-8-16-41)42-17-9-6-10-18-42/h5-40H,1-4H3. The normalized spacial score (nSPS) is 11.0. The predicted molar refractivity (Wildman–Crippen MR) is 271 cm³/mol. The summed E-state index contributed by atoms with van der Waals surface area (Å²) >= 11 is 0. The summed E-state index contributed by atoms with van der Waals surface area (Å²) in [5.74, 6) is 3.05. The number of hydrogen-bond donors (Lipinski definition) is 0. The maximum absolute atomic E-state index is 5.73. The van der Waals surface area contributed by atoms with Crippen molar-refractivity contribution in [3.05, 3.63) is 218 Å². The first-order chi connectivity index (χ1) is 32.5. The average Bonchev–Trinajstić information content (AvgIpc) is 3.70. The van der Waals surface area contributed by atoms with Gasteiger partial charge in [-0.25, -0.2) is 0 Å². The summed E-state index contributed by atoms with van der Waals surface area (Å²) in [6.07, 6.45) is 0. The maximum atomic E-state index is 5.73. The number of fused-ring (bicyclic) bond motifs is 3. The minimum Gasteiger partial charge on any atom is -0.497 e. The Morgan fingerprint density at radius 2 is 0.561 bits per heavy atom. The van der Waals surface area contributed by atoms with E-state index < -0.39 is 0 Å². The number of aromatic nitrogens is 1. The average molecular weight is 865 g/mol. The molecular formula is C58H48N4O4. The third kappa shape index (κ3) is 7.97. The molecule has 1 aromatic heterocycles. The molecule has 0 amide bonds. The first-order valence-electron chi connectivity index (χ1n) is 21.8. The van der Waals surface area contributed by atoms with Crippen molar-refractivity contribution in [2.75, 3.05) is 43.1 Å². The molecule has 0 aliphatic rings. The molecule has 10 rings (SSSR count). The second-order valence-corrected chi connectivity index (χ2v) is 15.7. The van der Waals surface area contributed by atoms with Crippen LogP contribution in [0.3, 0.4) is 0 Å². The molecule has 8 heteroatoms. The Balaban J connectivity index is 1.20. The number of benzene rings is 9. The van der Waals surface area contributed by atoms with Crippen LogP contribution in [0.1, 0.15) is 0 Å². The van der Waals surface area contributed by atoms with Crippen molar-refractivity contribution in [1.29, 1.82) is 0 Å². The summed E-state index contributed by atoms with van der Waals surface area (Å²) in [4.78, 5) is 6.77. The molecule has 0 unspecified atom stereocenters. The zero-order valence-corrected chi connectivity index (χ0v) is 37.2. The predicted octanol–water partition coefficient (Wildman–Crippen LogP) is 15.2. The van der Waals surface area contributed by atoms with Crippen molar-refractivity contribution in [2.45, 2.75) is 0 Å². The van der Waals surface area contributed by atoms with Crippen LogP contribution in [0.2, 0.25) is 0 Å². The van der Waals surface area contributed by atoms with Crippen LogP contribution in [-0.2, 0) is 0 Å². The lowest BCUT2D eigenvalue weighted by Gasteiger charge is -2.26. The summed E-state index contributed by atoms with van der Waals surface area (Å²) in [6.45, 7) is 0. The fourth-order valence-electron chi connectivity index (χ4n) is 8.80. The van der Waals surface area contributed by atoms with Gasteiger partial charge in [0.25, 0.3) is 0 Å². The quantitative estimate of drug-likeness (QED) is 0.108. The Hall–Kier alpha value is -8.62. The van der Waals surface area contributed by atoms with E-state index in [-0.39, 0.29) is 0 Å². The molecule has 0 N–H and O–H groups in total. The minimum atomic E-state index is 0.763. The second kappa shape index (κ2) is 18.2. The van der Waals surface area contributed by atoms with Gasteiger partial charge in [-0.2, -0.15) is 0 Å². The van der Waals surface area contributed by atoms with Gasteiger partial charge in [-0.3, -0.25) is 0 Å². The van der Waals surface area contributed by atoms with Gasteiger partial charge in [-0.15, -0.1) is 0 Å². The summed E-state index contributed by atoms with van der Waals surface area (Å²) in [5.41, 5.74) is 12.1. The number of nitrogens with zero attached hydrogens (tertiary/aromatic N) is 4. The maximum Gasteiger partial charge on any atom is 0.120 e.